The molecule has 2 rings (SSSR count). The molecular formula is C16H26ClNOS. The third kappa shape index (κ3) is 3.76. The van der Waals surface area contributed by atoms with E-state index in [4.69, 9.17) is 16.3 Å². The Bertz CT molecular complexity index is 399. The average molecular weight is 316 g/mol. The van der Waals surface area contributed by atoms with Gasteiger partial charge in [0.2, 0.25) is 0 Å². The maximum atomic E-state index is 6.33. The van der Waals surface area contributed by atoms with Crippen molar-refractivity contribution < 1.29 is 4.74 Å². The van der Waals surface area contributed by atoms with Crippen molar-refractivity contribution in [2.24, 2.45) is 0 Å². The quantitative estimate of drug-likeness (QED) is 0.730. The molecule has 1 aliphatic carbocycles. The number of hydrogen-bond acceptors (Lipinski definition) is 3. The van der Waals surface area contributed by atoms with Gasteiger partial charge in [0.25, 0.3) is 0 Å². The lowest BCUT2D eigenvalue weighted by molar-refractivity contribution is -0.0771. The molecule has 1 fully saturated rings. The number of thiophene rings is 1. The summed E-state index contributed by atoms with van der Waals surface area (Å²) in [6, 6.07) is 4.43. The number of halogens is 1. The summed E-state index contributed by atoms with van der Waals surface area (Å²) >= 11 is 7.83. The van der Waals surface area contributed by atoms with Crippen molar-refractivity contribution in [3.05, 3.63) is 21.3 Å². The summed E-state index contributed by atoms with van der Waals surface area (Å²) in [6.45, 7) is 6.01. The van der Waals surface area contributed by atoms with Gasteiger partial charge in [-0.3, -0.25) is 0 Å². The summed E-state index contributed by atoms with van der Waals surface area (Å²) < 4.78 is 7.19. The van der Waals surface area contributed by atoms with Crippen LogP contribution in [0.15, 0.2) is 12.1 Å². The van der Waals surface area contributed by atoms with E-state index in [-0.39, 0.29) is 11.6 Å². The van der Waals surface area contributed by atoms with Crippen LogP contribution < -0.4 is 5.32 Å². The lowest BCUT2D eigenvalue weighted by Crippen LogP contribution is -2.45. The predicted octanol–water partition coefficient (Wildman–Crippen LogP) is 5.18. The maximum Gasteiger partial charge on any atom is 0.0931 e. The first-order chi connectivity index (χ1) is 9.72. The number of nitrogens with one attached hydrogen (secondary N) is 1. The fourth-order valence-electron chi connectivity index (χ4n) is 3.36. The molecule has 1 unspecified atom stereocenters. The summed E-state index contributed by atoms with van der Waals surface area (Å²) in [4.78, 5) is 1.31. The van der Waals surface area contributed by atoms with Gasteiger partial charge in [0.1, 0.15) is 0 Å². The van der Waals surface area contributed by atoms with Crippen molar-refractivity contribution in [2.45, 2.75) is 64.0 Å². The van der Waals surface area contributed by atoms with Gasteiger partial charge in [-0.25, -0.2) is 0 Å². The fraction of sp³-hybridized carbons (Fsp3) is 0.750. The molecule has 1 heterocycles. The second-order valence-electron chi connectivity index (χ2n) is 5.54. The first kappa shape index (κ1) is 16.3. The molecule has 0 amide bonds. The second-order valence-corrected chi connectivity index (χ2v) is 7.29. The van der Waals surface area contributed by atoms with Crippen LogP contribution >= 0.6 is 22.9 Å². The minimum atomic E-state index is -0.0601. The van der Waals surface area contributed by atoms with Crippen molar-refractivity contribution in [1.29, 1.82) is 0 Å². The van der Waals surface area contributed by atoms with Crippen molar-refractivity contribution in [3.63, 3.8) is 0 Å². The van der Waals surface area contributed by atoms with E-state index in [9.17, 15) is 0 Å². The highest BCUT2D eigenvalue weighted by atomic mass is 35.5. The van der Waals surface area contributed by atoms with E-state index in [0.717, 1.165) is 30.3 Å². The third-order valence-electron chi connectivity index (χ3n) is 4.19. The Morgan fingerprint density at radius 3 is 2.45 bits per heavy atom. The molecule has 1 N–H and O–H groups in total. The molecule has 1 aliphatic rings. The molecule has 0 saturated heterocycles. The molecule has 4 heteroatoms. The highest BCUT2D eigenvalue weighted by Gasteiger charge is 2.40. The Morgan fingerprint density at radius 1 is 1.25 bits per heavy atom. The molecule has 1 aromatic heterocycles. The lowest BCUT2D eigenvalue weighted by atomic mass is 9.85. The molecule has 0 radical (unpaired) electrons. The summed E-state index contributed by atoms with van der Waals surface area (Å²) in [5.41, 5.74) is -0.0601. The van der Waals surface area contributed by atoms with E-state index < -0.39 is 0 Å². The smallest absolute Gasteiger partial charge is 0.0931 e. The van der Waals surface area contributed by atoms with Gasteiger partial charge in [-0.2, -0.15) is 0 Å². The predicted molar refractivity (Wildman–Crippen MR) is 87.8 cm³/mol. The molecule has 0 bridgehead atoms. The first-order valence-corrected chi connectivity index (χ1v) is 9.04. The van der Waals surface area contributed by atoms with Crippen molar-refractivity contribution in [2.75, 3.05) is 13.2 Å². The van der Waals surface area contributed by atoms with Crippen molar-refractivity contribution in [1.82, 2.24) is 5.32 Å². The molecule has 0 aliphatic heterocycles. The van der Waals surface area contributed by atoms with Gasteiger partial charge in [0, 0.05) is 11.5 Å². The zero-order valence-electron chi connectivity index (χ0n) is 12.6. The van der Waals surface area contributed by atoms with E-state index in [0.29, 0.717) is 0 Å². The second kappa shape index (κ2) is 7.79. The monoisotopic (exact) mass is 315 g/mol. The van der Waals surface area contributed by atoms with Crippen molar-refractivity contribution >= 4 is 22.9 Å². The van der Waals surface area contributed by atoms with Gasteiger partial charge >= 0.3 is 0 Å². The topological polar surface area (TPSA) is 21.3 Å². The highest BCUT2D eigenvalue weighted by molar-refractivity contribution is 7.16. The van der Waals surface area contributed by atoms with Gasteiger partial charge in [-0.05, 0) is 38.4 Å². The maximum absolute atomic E-state index is 6.33. The Hall–Kier alpha value is -0.0900. The van der Waals surface area contributed by atoms with Gasteiger partial charge in [0.05, 0.1) is 16.0 Å². The van der Waals surface area contributed by atoms with E-state index >= 15 is 0 Å². The van der Waals surface area contributed by atoms with Crippen LogP contribution in [0.25, 0.3) is 0 Å². The zero-order valence-corrected chi connectivity index (χ0v) is 14.2. The number of likely N-dealkylation sites (N-methyl/N-ethyl adjacent to an activating group) is 1. The third-order valence-corrected chi connectivity index (χ3v) is 5.49. The van der Waals surface area contributed by atoms with E-state index in [2.05, 4.69) is 25.2 Å². The van der Waals surface area contributed by atoms with Crippen LogP contribution in [0.4, 0.5) is 0 Å². The standard InChI is InChI=1S/C16H26ClNOS/c1-3-18-15(13-9-10-14(17)20-13)16(19-4-2)11-7-5-6-8-12-16/h9-10,15,18H,3-8,11-12H2,1-2H3. The molecule has 1 atom stereocenters. The molecule has 1 aromatic rings. The molecule has 114 valence electrons. The molecule has 0 spiro atoms. The van der Waals surface area contributed by atoms with E-state index in [1.165, 1.54) is 30.6 Å². The first-order valence-electron chi connectivity index (χ1n) is 7.84. The van der Waals surface area contributed by atoms with Crippen LogP contribution in [0, 0.1) is 0 Å². The van der Waals surface area contributed by atoms with Crippen LogP contribution in [-0.4, -0.2) is 18.8 Å². The summed E-state index contributed by atoms with van der Waals surface area (Å²) in [7, 11) is 0. The Kier molecular flexibility index (Phi) is 6.34. The number of hydrogen-bond donors (Lipinski definition) is 1. The SMILES string of the molecule is CCNC(c1ccc(Cl)s1)C1(OCC)CCCCCC1. The molecule has 2 nitrogen and oxygen atoms in total. The Labute approximate surface area is 131 Å². The Morgan fingerprint density at radius 2 is 1.95 bits per heavy atom. The van der Waals surface area contributed by atoms with Crippen LogP contribution in [0.5, 0.6) is 0 Å². The van der Waals surface area contributed by atoms with Crippen LogP contribution in [0.2, 0.25) is 4.34 Å². The molecule has 1 saturated carbocycles. The van der Waals surface area contributed by atoms with Gasteiger partial charge in [-0.15, -0.1) is 11.3 Å². The minimum absolute atomic E-state index is 0.0601. The number of rotatable bonds is 6. The van der Waals surface area contributed by atoms with E-state index in [1.807, 2.05) is 6.07 Å². The lowest BCUT2D eigenvalue weighted by Gasteiger charge is -2.40. The molecular weight excluding hydrogens is 290 g/mol. The van der Waals surface area contributed by atoms with Crippen LogP contribution in [0.3, 0.4) is 0 Å². The highest BCUT2D eigenvalue weighted by Crippen LogP contribution is 2.43. The average Bonchev–Trinajstić information content (AvgIpc) is 2.72. The van der Waals surface area contributed by atoms with Gasteiger partial charge in [0.15, 0.2) is 0 Å². The Balaban J connectivity index is 2.30. The van der Waals surface area contributed by atoms with Crippen LogP contribution in [0.1, 0.15) is 63.3 Å². The van der Waals surface area contributed by atoms with Crippen LogP contribution in [-0.2, 0) is 4.74 Å². The van der Waals surface area contributed by atoms with Gasteiger partial charge in [-0.1, -0.05) is 44.2 Å². The van der Waals surface area contributed by atoms with Gasteiger partial charge < -0.3 is 10.1 Å². The molecule has 0 aromatic carbocycles. The summed E-state index contributed by atoms with van der Waals surface area (Å²) in [5.74, 6) is 0. The summed E-state index contributed by atoms with van der Waals surface area (Å²) in [5, 5.41) is 3.66. The van der Waals surface area contributed by atoms with Crippen molar-refractivity contribution in [3.8, 4) is 0 Å². The zero-order chi connectivity index (χ0) is 14.4. The number of ether oxygens (including phenoxy) is 1. The minimum Gasteiger partial charge on any atom is -0.373 e. The van der Waals surface area contributed by atoms with E-state index in [1.54, 1.807) is 11.3 Å². The normalized spacial score (nSPS) is 20.6. The molecule has 20 heavy (non-hydrogen) atoms. The fourth-order valence-corrected chi connectivity index (χ4v) is 4.61. The largest absolute Gasteiger partial charge is 0.373 e. The summed E-state index contributed by atoms with van der Waals surface area (Å²) in [6.07, 6.45) is 7.49.